The first-order chi connectivity index (χ1) is 13.1. The minimum atomic E-state index is -0.0572. The Morgan fingerprint density at radius 1 is 1.15 bits per heavy atom. The zero-order valence-electron chi connectivity index (χ0n) is 15.0. The Kier molecular flexibility index (Phi) is 3.98. The molecule has 132 valence electrons. The third-order valence-electron chi connectivity index (χ3n) is 4.66. The maximum Gasteiger partial charge on any atom is 0.250 e. The maximum absolute atomic E-state index is 12.0. The molecule has 4 rings (SSSR count). The summed E-state index contributed by atoms with van der Waals surface area (Å²) in [5, 5.41) is 10.0. The number of anilines is 1. The first kappa shape index (κ1) is 16.6. The molecule has 6 heteroatoms. The summed E-state index contributed by atoms with van der Waals surface area (Å²) in [5.74, 6) is 0. The van der Waals surface area contributed by atoms with E-state index in [0.29, 0.717) is 0 Å². The highest BCUT2D eigenvalue weighted by Gasteiger charge is 2.11. The number of H-pyrrole nitrogens is 1. The second-order valence-electron chi connectivity index (χ2n) is 6.40. The van der Waals surface area contributed by atoms with Crippen LogP contribution >= 0.6 is 0 Å². The fourth-order valence-electron chi connectivity index (χ4n) is 3.07. The van der Waals surface area contributed by atoms with Gasteiger partial charge in [-0.3, -0.25) is 9.69 Å². The van der Waals surface area contributed by atoms with Crippen LogP contribution in [-0.4, -0.2) is 21.6 Å². The molecule has 0 aliphatic carbocycles. The molecule has 1 aromatic carbocycles. The summed E-state index contributed by atoms with van der Waals surface area (Å²) in [6.45, 7) is 0. The quantitative estimate of drug-likeness (QED) is 0.451. The lowest BCUT2D eigenvalue weighted by atomic mass is 10.0. The van der Waals surface area contributed by atoms with Crippen molar-refractivity contribution in [2.45, 2.75) is 0 Å². The second kappa shape index (κ2) is 6.46. The number of hydrogen-bond donors (Lipinski definition) is 1. The van der Waals surface area contributed by atoms with Gasteiger partial charge in [-0.25, -0.2) is 4.98 Å². The van der Waals surface area contributed by atoms with Gasteiger partial charge in [0.2, 0.25) is 0 Å². The first-order valence-electron chi connectivity index (χ1n) is 8.45. The molecule has 0 unspecified atom stereocenters. The van der Waals surface area contributed by atoms with E-state index in [2.05, 4.69) is 22.2 Å². The molecule has 0 aliphatic rings. The van der Waals surface area contributed by atoms with Crippen molar-refractivity contribution in [2.75, 3.05) is 11.9 Å². The van der Waals surface area contributed by atoms with Gasteiger partial charge in [0.1, 0.15) is 5.65 Å². The van der Waals surface area contributed by atoms with Gasteiger partial charge in [-0.05, 0) is 35.4 Å². The molecule has 6 nitrogen and oxygen atoms in total. The molecule has 1 N–H and O–H groups in total. The number of rotatable bonds is 3. The van der Waals surface area contributed by atoms with Gasteiger partial charge >= 0.3 is 0 Å². The van der Waals surface area contributed by atoms with Crippen molar-refractivity contribution in [3.05, 3.63) is 71.4 Å². The van der Waals surface area contributed by atoms with Gasteiger partial charge in [0.05, 0.1) is 5.69 Å². The first-order valence-corrected chi connectivity index (χ1v) is 8.45. The summed E-state index contributed by atoms with van der Waals surface area (Å²) in [6, 6.07) is 13.3. The van der Waals surface area contributed by atoms with Crippen LogP contribution in [-0.2, 0) is 7.05 Å². The summed E-state index contributed by atoms with van der Waals surface area (Å²) in [5.41, 5.74) is 5.22. The van der Waals surface area contributed by atoms with Gasteiger partial charge in [0, 0.05) is 55.3 Å². The smallest absolute Gasteiger partial charge is 0.250 e. The Labute approximate surface area is 155 Å². The van der Waals surface area contributed by atoms with Crippen LogP contribution in [0.1, 0.15) is 0 Å². The number of pyridine rings is 2. The number of aryl methyl sites for hydroxylation is 1. The van der Waals surface area contributed by atoms with Crippen LogP contribution < -0.4 is 10.5 Å². The minimum absolute atomic E-state index is 0.0572. The number of fused-ring (bicyclic) bond motifs is 1. The fraction of sp³-hybridized carbons (Fsp3) is 0.0952. The Hall–Kier alpha value is -3.85. The lowest BCUT2D eigenvalue weighted by Gasteiger charge is -2.10. The van der Waals surface area contributed by atoms with Gasteiger partial charge in [-0.15, -0.1) is 0 Å². The molecular weight excluding hydrogens is 338 g/mol. The largest absolute Gasteiger partial charge is 0.346 e. The number of nitriles is 1. The van der Waals surface area contributed by atoms with Crippen LogP contribution in [0.25, 0.3) is 33.3 Å². The molecule has 3 aromatic heterocycles. The molecule has 3 heterocycles. The van der Waals surface area contributed by atoms with Crippen molar-refractivity contribution in [3.8, 4) is 28.4 Å². The van der Waals surface area contributed by atoms with Gasteiger partial charge in [-0.2, -0.15) is 5.26 Å². The fourth-order valence-corrected chi connectivity index (χ4v) is 3.07. The molecule has 27 heavy (non-hydrogen) atoms. The molecule has 0 atom stereocenters. The predicted molar refractivity (Wildman–Crippen MR) is 106 cm³/mol. The lowest BCUT2D eigenvalue weighted by Crippen LogP contribution is -2.13. The standard InChI is InChI=1S/C21H17N5O/c1-25-7-6-15(10-20(25)27)19-12-24-21-18(19)9-16(11-23-21)14-4-3-5-17(8-14)26(2)13-22/h3-12H,1-2H3,(H,23,24). The SMILES string of the molecule is CN(C#N)c1cccc(-c2cnc3[nH]cc(-c4ccn(C)c(=O)c4)c3c2)c1. The monoisotopic (exact) mass is 355 g/mol. The van der Waals surface area contributed by atoms with Crippen molar-refractivity contribution in [3.63, 3.8) is 0 Å². The van der Waals surface area contributed by atoms with Gasteiger partial charge in [0.25, 0.3) is 5.56 Å². The van der Waals surface area contributed by atoms with Crippen molar-refractivity contribution in [1.29, 1.82) is 5.26 Å². The van der Waals surface area contributed by atoms with Crippen LogP contribution in [0.5, 0.6) is 0 Å². The zero-order valence-corrected chi connectivity index (χ0v) is 15.0. The normalized spacial score (nSPS) is 10.7. The van der Waals surface area contributed by atoms with Crippen LogP contribution in [0, 0.1) is 11.5 Å². The van der Waals surface area contributed by atoms with E-state index in [1.807, 2.05) is 36.5 Å². The third-order valence-corrected chi connectivity index (χ3v) is 4.66. The molecule has 0 saturated heterocycles. The Bertz CT molecular complexity index is 1250. The average Bonchev–Trinajstić information content (AvgIpc) is 3.12. The predicted octanol–water partition coefficient (Wildman–Crippen LogP) is 3.51. The molecular formula is C21H17N5O. The van der Waals surface area contributed by atoms with Gasteiger partial charge in [0.15, 0.2) is 6.19 Å². The van der Waals surface area contributed by atoms with Crippen molar-refractivity contribution in [2.24, 2.45) is 7.05 Å². The van der Waals surface area contributed by atoms with Gasteiger partial charge < -0.3 is 9.55 Å². The number of aromatic nitrogens is 3. The van der Waals surface area contributed by atoms with Crippen LogP contribution in [0.3, 0.4) is 0 Å². The van der Waals surface area contributed by atoms with E-state index in [4.69, 9.17) is 5.26 Å². The summed E-state index contributed by atoms with van der Waals surface area (Å²) >= 11 is 0. The molecule has 0 spiro atoms. The van der Waals surface area contributed by atoms with Crippen LogP contribution in [0.2, 0.25) is 0 Å². The number of nitrogens with zero attached hydrogens (tertiary/aromatic N) is 4. The topological polar surface area (TPSA) is 77.7 Å². The summed E-state index contributed by atoms with van der Waals surface area (Å²) in [7, 11) is 3.45. The van der Waals surface area contributed by atoms with E-state index in [-0.39, 0.29) is 5.56 Å². The Balaban J connectivity index is 1.84. The molecule has 0 amide bonds. The van der Waals surface area contributed by atoms with Crippen molar-refractivity contribution in [1.82, 2.24) is 14.5 Å². The highest BCUT2D eigenvalue weighted by Crippen LogP contribution is 2.31. The molecule has 0 fully saturated rings. The molecule has 0 bridgehead atoms. The van der Waals surface area contributed by atoms with E-state index >= 15 is 0 Å². The summed E-state index contributed by atoms with van der Waals surface area (Å²) < 4.78 is 1.54. The van der Waals surface area contributed by atoms with Crippen LogP contribution in [0.15, 0.2) is 65.8 Å². The molecule has 4 aromatic rings. The Morgan fingerprint density at radius 3 is 2.78 bits per heavy atom. The van der Waals surface area contributed by atoms with Gasteiger partial charge in [-0.1, -0.05) is 12.1 Å². The Morgan fingerprint density at radius 2 is 2.00 bits per heavy atom. The molecule has 0 saturated carbocycles. The van der Waals surface area contributed by atoms with E-state index in [0.717, 1.165) is 39.0 Å². The summed E-state index contributed by atoms with van der Waals surface area (Å²) in [4.78, 5) is 21.2. The highest BCUT2D eigenvalue weighted by atomic mass is 16.1. The molecule has 0 radical (unpaired) electrons. The van der Waals surface area contributed by atoms with Crippen LogP contribution in [0.4, 0.5) is 5.69 Å². The summed E-state index contributed by atoms with van der Waals surface area (Å²) in [6.07, 6.45) is 7.54. The third kappa shape index (κ3) is 2.96. The van der Waals surface area contributed by atoms with E-state index in [1.54, 1.807) is 37.1 Å². The van der Waals surface area contributed by atoms with Crippen molar-refractivity contribution < 1.29 is 0 Å². The molecule has 0 aliphatic heterocycles. The second-order valence-corrected chi connectivity index (χ2v) is 6.40. The minimum Gasteiger partial charge on any atom is -0.346 e. The number of benzene rings is 1. The zero-order chi connectivity index (χ0) is 19.0. The van der Waals surface area contributed by atoms with Crippen molar-refractivity contribution >= 4 is 16.7 Å². The number of hydrogen-bond acceptors (Lipinski definition) is 4. The van der Waals surface area contributed by atoms with E-state index in [1.165, 1.54) is 4.90 Å². The van der Waals surface area contributed by atoms with E-state index in [9.17, 15) is 4.79 Å². The highest BCUT2D eigenvalue weighted by molar-refractivity contribution is 5.95. The maximum atomic E-state index is 12.0. The number of aromatic amines is 1. The number of nitrogens with one attached hydrogen (secondary N) is 1. The average molecular weight is 355 g/mol. The van der Waals surface area contributed by atoms with E-state index < -0.39 is 0 Å². The lowest BCUT2D eigenvalue weighted by molar-refractivity contribution is 0.861.